The molecule has 0 N–H and O–H groups in total. The first-order valence-corrected chi connectivity index (χ1v) is 12.8. The van der Waals surface area contributed by atoms with E-state index in [1.165, 1.54) is 0 Å². The van der Waals surface area contributed by atoms with Crippen LogP contribution in [0.1, 0.15) is 36.1 Å². The molecule has 4 heteroatoms. The quantitative estimate of drug-likeness (QED) is 0.140. The highest BCUT2D eigenvalue weighted by Crippen LogP contribution is 2.31. The van der Waals surface area contributed by atoms with Gasteiger partial charge < -0.3 is 14.2 Å². The molecular formula is C31H29IO3. The molecule has 4 aromatic rings. The van der Waals surface area contributed by atoms with Gasteiger partial charge in [0.1, 0.15) is 19.0 Å². The smallest absolute Gasteiger partial charge is 0.162 e. The zero-order valence-electron chi connectivity index (χ0n) is 20.0. The van der Waals surface area contributed by atoms with Crippen molar-refractivity contribution in [3.8, 4) is 17.2 Å². The topological polar surface area (TPSA) is 27.7 Å². The summed E-state index contributed by atoms with van der Waals surface area (Å²) < 4.78 is 19.3. The molecule has 0 amide bonds. The molecule has 0 atom stereocenters. The van der Waals surface area contributed by atoms with Gasteiger partial charge in [-0.2, -0.15) is 0 Å². The van der Waals surface area contributed by atoms with Gasteiger partial charge in [-0.15, -0.1) is 0 Å². The van der Waals surface area contributed by atoms with Gasteiger partial charge in [-0.3, -0.25) is 0 Å². The summed E-state index contributed by atoms with van der Waals surface area (Å²) in [6.07, 6.45) is 4.25. The van der Waals surface area contributed by atoms with Crippen LogP contribution in [0.2, 0.25) is 0 Å². The van der Waals surface area contributed by atoms with Crippen molar-refractivity contribution in [2.45, 2.75) is 33.2 Å². The molecule has 0 unspecified atom stereocenters. The normalized spacial score (nSPS) is 11.1. The van der Waals surface area contributed by atoms with Crippen molar-refractivity contribution in [2.75, 3.05) is 0 Å². The van der Waals surface area contributed by atoms with E-state index in [4.69, 9.17) is 14.2 Å². The first-order chi connectivity index (χ1) is 17.1. The first kappa shape index (κ1) is 24.9. The molecule has 0 spiro atoms. The summed E-state index contributed by atoms with van der Waals surface area (Å²) >= 11 is 2.35. The Hall–Kier alpha value is -3.25. The molecule has 35 heavy (non-hydrogen) atoms. The molecule has 4 rings (SSSR count). The molecule has 0 saturated carbocycles. The fourth-order valence-electron chi connectivity index (χ4n) is 3.50. The van der Waals surface area contributed by atoms with Crippen LogP contribution in [0.3, 0.4) is 0 Å². The third-order valence-electron chi connectivity index (χ3n) is 5.24. The summed E-state index contributed by atoms with van der Waals surface area (Å²) in [4.78, 5) is 0. The van der Waals surface area contributed by atoms with E-state index in [0.717, 1.165) is 43.1 Å². The Morgan fingerprint density at radius 3 is 2.00 bits per heavy atom. The predicted octanol–water partition coefficient (Wildman–Crippen LogP) is 8.41. The van der Waals surface area contributed by atoms with Crippen LogP contribution in [0, 0.1) is 3.57 Å². The maximum absolute atomic E-state index is 6.07. The minimum absolute atomic E-state index is 0.0488. The summed E-state index contributed by atoms with van der Waals surface area (Å²) in [5.74, 6) is 2.33. The minimum atomic E-state index is 0.0488. The third-order valence-corrected chi connectivity index (χ3v) is 6.22. The van der Waals surface area contributed by atoms with Crippen molar-refractivity contribution in [3.63, 3.8) is 0 Å². The van der Waals surface area contributed by atoms with Gasteiger partial charge in [-0.25, -0.2) is 0 Å². The number of ether oxygens (including phenoxy) is 3. The standard InChI is InChI=1S/C31H29IO3/c1-23(2)35-31-19-24(14-18-30(31)34-22-26-11-7-4-8-12-26)13-15-27-20-28(16-17-29(27)32)33-21-25-9-5-3-6-10-25/h3-20,23H,21-22H2,1-2H3/b15-13+. The first-order valence-electron chi connectivity index (χ1n) is 11.7. The second kappa shape index (κ2) is 12.5. The van der Waals surface area contributed by atoms with E-state index in [-0.39, 0.29) is 6.10 Å². The van der Waals surface area contributed by atoms with E-state index >= 15 is 0 Å². The van der Waals surface area contributed by atoms with Crippen molar-refractivity contribution >= 4 is 34.7 Å². The van der Waals surface area contributed by atoms with Crippen LogP contribution < -0.4 is 14.2 Å². The van der Waals surface area contributed by atoms with Gasteiger partial charge in [0.2, 0.25) is 0 Å². The molecule has 0 radical (unpaired) electrons. The van der Waals surface area contributed by atoms with Crippen LogP contribution in [0.25, 0.3) is 12.2 Å². The highest BCUT2D eigenvalue weighted by atomic mass is 127. The number of hydrogen-bond donors (Lipinski definition) is 0. The lowest BCUT2D eigenvalue weighted by Gasteiger charge is -2.16. The van der Waals surface area contributed by atoms with Crippen molar-refractivity contribution in [1.29, 1.82) is 0 Å². The van der Waals surface area contributed by atoms with E-state index in [0.29, 0.717) is 13.2 Å². The number of halogens is 1. The van der Waals surface area contributed by atoms with Crippen molar-refractivity contribution in [1.82, 2.24) is 0 Å². The molecule has 0 aromatic heterocycles. The molecule has 178 valence electrons. The zero-order chi connectivity index (χ0) is 24.5. The Morgan fingerprint density at radius 1 is 0.686 bits per heavy atom. The molecule has 0 fully saturated rings. The Bertz CT molecular complexity index is 1250. The predicted molar refractivity (Wildman–Crippen MR) is 152 cm³/mol. The van der Waals surface area contributed by atoms with E-state index in [1.807, 2.05) is 74.5 Å². The average molecular weight is 576 g/mol. The average Bonchev–Trinajstić information content (AvgIpc) is 2.88. The minimum Gasteiger partial charge on any atom is -0.489 e. The van der Waals surface area contributed by atoms with E-state index < -0.39 is 0 Å². The molecular weight excluding hydrogens is 547 g/mol. The van der Waals surface area contributed by atoms with E-state index in [9.17, 15) is 0 Å². The van der Waals surface area contributed by atoms with Crippen LogP contribution in [-0.2, 0) is 13.2 Å². The van der Waals surface area contributed by atoms with Crippen LogP contribution in [0.5, 0.6) is 17.2 Å². The van der Waals surface area contributed by atoms with Crippen LogP contribution in [0.4, 0.5) is 0 Å². The zero-order valence-corrected chi connectivity index (χ0v) is 22.1. The van der Waals surface area contributed by atoms with Gasteiger partial charge in [-0.1, -0.05) is 78.9 Å². The van der Waals surface area contributed by atoms with Crippen molar-refractivity contribution in [2.24, 2.45) is 0 Å². The molecule has 0 aliphatic carbocycles. The lowest BCUT2D eigenvalue weighted by atomic mass is 10.1. The fourth-order valence-corrected chi connectivity index (χ4v) is 4.01. The van der Waals surface area contributed by atoms with Crippen molar-refractivity contribution < 1.29 is 14.2 Å². The van der Waals surface area contributed by atoms with E-state index in [2.05, 4.69) is 71.1 Å². The molecule has 0 aliphatic rings. The largest absolute Gasteiger partial charge is 0.489 e. The fraction of sp³-hybridized carbons (Fsp3) is 0.161. The highest BCUT2D eigenvalue weighted by Gasteiger charge is 2.09. The summed E-state index contributed by atoms with van der Waals surface area (Å²) in [7, 11) is 0. The molecule has 0 bridgehead atoms. The van der Waals surface area contributed by atoms with Crippen LogP contribution in [-0.4, -0.2) is 6.10 Å². The van der Waals surface area contributed by atoms with E-state index in [1.54, 1.807) is 0 Å². The summed E-state index contributed by atoms with van der Waals surface area (Å²) in [6, 6.07) is 32.5. The van der Waals surface area contributed by atoms with Gasteiger partial charge >= 0.3 is 0 Å². The molecule has 4 aromatic carbocycles. The SMILES string of the molecule is CC(C)Oc1cc(/C=C/c2cc(OCc3ccccc3)ccc2I)ccc1OCc1ccccc1. The molecule has 0 heterocycles. The second-order valence-corrected chi connectivity index (χ2v) is 9.60. The number of rotatable bonds is 10. The Labute approximate surface area is 221 Å². The maximum atomic E-state index is 6.07. The van der Waals surface area contributed by atoms with Gasteiger partial charge in [0.05, 0.1) is 6.10 Å². The number of hydrogen-bond acceptors (Lipinski definition) is 3. The van der Waals surface area contributed by atoms with Gasteiger partial charge in [0.15, 0.2) is 11.5 Å². The monoisotopic (exact) mass is 576 g/mol. The Kier molecular flexibility index (Phi) is 8.85. The van der Waals surface area contributed by atoms with Crippen LogP contribution in [0.15, 0.2) is 97.1 Å². The molecule has 0 saturated heterocycles. The third kappa shape index (κ3) is 7.62. The Morgan fingerprint density at radius 2 is 1.34 bits per heavy atom. The lowest BCUT2D eigenvalue weighted by molar-refractivity contribution is 0.218. The van der Waals surface area contributed by atoms with Gasteiger partial charge in [0, 0.05) is 3.57 Å². The summed E-state index contributed by atoms with van der Waals surface area (Å²) in [5.41, 5.74) is 4.41. The van der Waals surface area contributed by atoms with Crippen molar-refractivity contribution in [3.05, 3.63) is 123 Å². The summed E-state index contributed by atoms with van der Waals surface area (Å²) in [5, 5.41) is 0. The van der Waals surface area contributed by atoms with Gasteiger partial charge in [0.25, 0.3) is 0 Å². The highest BCUT2D eigenvalue weighted by molar-refractivity contribution is 14.1. The lowest BCUT2D eigenvalue weighted by Crippen LogP contribution is -2.07. The van der Waals surface area contributed by atoms with Gasteiger partial charge in [-0.05, 0) is 89.0 Å². The Balaban J connectivity index is 1.48. The maximum Gasteiger partial charge on any atom is 0.162 e. The summed E-state index contributed by atoms with van der Waals surface area (Å²) in [6.45, 7) is 5.09. The van der Waals surface area contributed by atoms with Crippen LogP contribution >= 0.6 is 22.6 Å². The molecule has 0 aliphatic heterocycles. The number of benzene rings is 4. The second-order valence-electron chi connectivity index (χ2n) is 8.44. The molecule has 3 nitrogen and oxygen atoms in total.